The third-order valence-electron chi connectivity index (χ3n) is 5.44. The third-order valence-corrected chi connectivity index (χ3v) is 5.44. The number of aryl methyl sites for hydroxylation is 2. The molecule has 168 valence electrons. The maximum atomic E-state index is 12.8. The van der Waals surface area contributed by atoms with Crippen LogP contribution in [0.1, 0.15) is 70.9 Å². The molecular weight excluding hydrogens is 398 g/mol. The Balaban J connectivity index is 1.64. The average molecular weight is 430 g/mol. The molecule has 1 aliphatic rings. The Morgan fingerprint density at radius 2 is 1.87 bits per heavy atom. The molecule has 31 heavy (non-hydrogen) atoms. The number of carbonyl (C=O) groups excluding carboxylic acids is 3. The summed E-state index contributed by atoms with van der Waals surface area (Å²) in [6, 6.07) is 5.15. The van der Waals surface area contributed by atoms with Crippen molar-refractivity contribution in [2.45, 2.75) is 77.4 Å². The van der Waals surface area contributed by atoms with E-state index in [0.717, 1.165) is 36.8 Å². The number of rotatable bonds is 7. The zero-order chi connectivity index (χ0) is 22.8. The lowest BCUT2D eigenvalue weighted by Crippen LogP contribution is -2.44. The lowest BCUT2D eigenvalue weighted by molar-refractivity contribution is -0.155. The van der Waals surface area contributed by atoms with Crippen molar-refractivity contribution in [3.8, 4) is 0 Å². The minimum atomic E-state index is -0.674. The Bertz CT molecular complexity index is 1060. The van der Waals surface area contributed by atoms with Crippen LogP contribution in [-0.2, 0) is 32.6 Å². The molecule has 1 unspecified atom stereocenters. The van der Waals surface area contributed by atoms with Crippen LogP contribution in [0.2, 0.25) is 0 Å². The van der Waals surface area contributed by atoms with Crippen LogP contribution < -0.4 is 11.0 Å². The Hall–Kier alpha value is -2.90. The molecule has 2 aromatic rings. The molecule has 1 aromatic heterocycles. The topological polar surface area (TPSA) is 99.4 Å². The average Bonchev–Trinajstić information content (AvgIpc) is 2.91. The number of benzene rings is 1. The molecule has 0 saturated carbocycles. The minimum absolute atomic E-state index is 0.168. The number of imidazole rings is 1. The number of amides is 2. The fraction of sp³-hybridized carbons (Fsp3) is 0.565. The van der Waals surface area contributed by atoms with Crippen molar-refractivity contribution in [1.82, 2.24) is 14.5 Å². The predicted molar refractivity (Wildman–Crippen MR) is 117 cm³/mol. The van der Waals surface area contributed by atoms with Gasteiger partial charge >= 0.3 is 11.7 Å². The van der Waals surface area contributed by atoms with Gasteiger partial charge in [0.05, 0.1) is 11.0 Å². The summed E-state index contributed by atoms with van der Waals surface area (Å²) in [6.45, 7) is 5.59. The number of fused-ring (bicyclic) bond motifs is 1. The number of nitrogens with zero attached hydrogens (tertiary/aromatic N) is 2. The number of imide groups is 1. The van der Waals surface area contributed by atoms with Gasteiger partial charge in [0.25, 0.3) is 0 Å². The molecular formula is C23H31N3O5. The van der Waals surface area contributed by atoms with Gasteiger partial charge < -0.3 is 4.74 Å². The number of esters is 1. The molecule has 2 amide bonds. The van der Waals surface area contributed by atoms with Crippen molar-refractivity contribution in [2.75, 3.05) is 0 Å². The number of ether oxygens (including phenoxy) is 1. The number of hydrogen-bond acceptors (Lipinski definition) is 5. The van der Waals surface area contributed by atoms with E-state index in [1.165, 1.54) is 4.57 Å². The van der Waals surface area contributed by atoms with E-state index in [4.69, 9.17) is 4.74 Å². The molecule has 1 N–H and O–H groups in total. The van der Waals surface area contributed by atoms with Crippen LogP contribution in [-0.4, -0.2) is 32.5 Å². The highest BCUT2D eigenvalue weighted by Crippen LogP contribution is 2.24. The molecule has 1 atom stereocenters. The van der Waals surface area contributed by atoms with Crippen LogP contribution in [0.4, 0.5) is 0 Å². The molecule has 1 aliphatic heterocycles. The van der Waals surface area contributed by atoms with Crippen LogP contribution in [0.15, 0.2) is 23.0 Å². The zero-order valence-corrected chi connectivity index (χ0v) is 18.7. The number of piperidine rings is 1. The fourth-order valence-corrected chi connectivity index (χ4v) is 3.96. The first kappa shape index (κ1) is 22.8. The van der Waals surface area contributed by atoms with Crippen LogP contribution in [0.3, 0.4) is 0 Å². The first-order valence-corrected chi connectivity index (χ1v) is 10.8. The van der Waals surface area contributed by atoms with Gasteiger partial charge in [-0.1, -0.05) is 12.5 Å². The first-order valence-electron chi connectivity index (χ1n) is 10.8. The minimum Gasteiger partial charge on any atom is -0.460 e. The maximum Gasteiger partial charge on any atom is 0.329 e. The summed E-state index contributed by atoms with van der Waals surface area (Å²) in [5.41, 5.74) is 1.84. The molecule has 0 radical (unpaired) electrons. The normalized spacial score (nSPS) is 17.1. The van der Waals surface area contributed by atoms with E-state index in [0.29, 0.717) is 18.4 Å². The number of unbranched alkanes of at least 4 members (excludes halogenated alkanes) is 2. The number of carbonyl (C=O) groups is 3. The second-order valence-corrected chi connectivity index (χ2v) is 9.15. The standard InChI is InChI=1S/C23H31N3O5/c1-23(2,3)31-20(28)9-7-5-6-8-15-10-11-16-18(14-15)25(4)22(30)26(16)17-12-13-19(27)24-21(17)29/h10-11,14,17H,5-9,12-13H2,1-4H3,(H,24,27,29). The lowest BCUT2D eigenvalue weighted by Gasteiger charge is -2.21. The number of nitrogens with one attached hydrogen (secondary N) is 1. The molecule has 2 heterocycles. The quantitative estimate of drug-likeness (QED) is 0.414. The highest BCUT2D eigenvalue weighted by molar-refractivity contribution is 6.00. The second-order valence-electron chi connectivity index (χ2n) is 9.15. The Kier molecular flexibility index (Phi) is 6.67. The molecule has 8 nitrogen and oxygen atoms in total. The van der Waals surface area contributed by atoms with E-state index < -0.39 is 17.6 Å². The molecule has 8 heteroatoms. The monoisotopic (exact) mass is 429 g/mol. The lowest BCUT2D eigenvalue weighted by atomic mass is 10.0. The van der Waals surface area contributed by atoms with Crippen molar-refractivity contribution in [2.24, 2.45) is 7.05 Å². The van der Waals surface area contributed by atoms with Crippen molar-refractivity contribution in [1.29, 1.82) is 0 Å². The Morgan fingerprint density at radius 3 is 2.55 bits per heavy atom. The number of hydrogen-bond donors (Lipinski definition) is 1. The van der Waals surface area contributed by atoms with Gasteiger partial charge in [-0.25, -0.2) is 4.79 Å². The smallest absolute Gasteiger partial charge is 0.329 e. The van der Waals surface area contributed by atoms with Gasteiger partial charge in [0.15, 0.2) is 0 Å². The summed E-state index contributed by atoms with van der Waals surface area (Å²) in [7, 11) is 1.69. The van der Waals surface area contributed by atoms with Crippen molar-refractivity contribution < 1.29 is 19.1 Å². The van der Waals surface area contributed by atoms with Gasteiger partial charge in [0, 0.05) is 19.9 Å². The van der Waals surface area contributed by atoms with Crippen molar-refractivity contribution >= 4 is 28.8 Å². The molecule has 1 fully saturated rings. The van der Waals surface area contributed by atoms with Crippen molar-refractivity contribution in [3.63, 3.8) is 0 Å². The van der Waals surface area contributed by atoms with E-state index in [9.17, 15) is 19.2 Å². The predicted octanol–water partition coefficient (Wildman–Crippen LogP) is 2.76. The van der Waals surface area contributed by atoms with Crippen molar-refractivity contribution in [3.05, 3.63) is 34.2 Å². The second kappa shape index (κ2) is 9.08. The van der Waals surface area contributed by atoms with Gasteiger partial charge in [0.1, 0.15) is 11.6 Å². The van der Waals surface area contributed by atoms with E-state index in [1.807, 2.05) is 39.0 Å². The summed E-state index contributed by atoms with van der Waals surface area (Å²) < 4.78 is 8.35. The van der Waals surface area contributed by atoms with Crippen LogP contribution >= 0.6 is 0 Å². The molecule has 1 aromatic carbocycles. The molecule has 0 aliphatic carbocycles. The summed E-state index contributed by atoms with van der Waals surface area (Å²) in [6.07, 6.45) is 4.41. The summed E-state index contributed by atoms with van der Waals surface area (Å²) in [5, 5.41) is 2.32. The van der Waals surface area contributed by atoms with E-state index in [1.54, 1.807) is 11.6 Å². The molecule has 0 spiro atoms. The first-order chi connectivity index (χ1) is 14.6. The fourth-order valence-electron chi connectivity index (χ4n) is 3.96. The molecule has 0 bridgehead atoms. The van der Waals surface area contributed by atoms with Gasteiger partial charge in [-0.15, -0.1) is 0 Å². The van der Waals surface area contributed by atoms with E-state index in [2.05, 4.69) is 5.32 Å². The van der Waals surface area contributed by atoms with E-state index >= 15 is 0 Å². The van der Waals surface area contributed by atoms with Gasteiger partial charge in [-0.2, -0.15) is 0 Å². The van der Waals surface area contributed by atoms with Gasteiger partial charge in [-0.3, -0.25) is 28.8 Å². The zero-order valence-electron chi connectivity index (χ0n) is 18.7. The highest BCUT2D eigenvalue weighted by atomic mass is 16.6. The van der Waals surface area contributed by atoms with Gasteiger partial charge in [0.2, 0.25) is 11.8 Å². The summed E-state index contributed by atoms with van der Waals surface area (Å²) >= 11 is 0. The SMILES string of the molecule is Cn1c(=O)n(C2CCC(=O)NC2=O)c2ccc(CCCCCC(=O)OC(C)(C)C)cc21. The largest absolute Gasteiger partial charge is 0.460 e. The van der Waals surface area contributed by atoms with Crippen LogP contribution in [0.25, 0.3) is 11.0 Å². The molecule has 1 saturated heterocycles. The molecule has 3 rings (SSSR count). The maximum absolute atomic E-state index is 12.8. The summed E-state index contributed by atoms with van der Waals surface area (Å²) in [5.74, 6) is -0.901. The summed E-state index contributed by atoms with van der Waals surface area (Å²) in [4.78, 5) is 48.3. The van der Waals surface area contributed by atoms with E-state index in [-0.39, 0.29) is 24.0 Å². The van der Waals surface area contributed by atoms with Crippen LogP contribution in [0.5, 0.6) is 0 Å². The highest BCUT2D eigenvalue weighted by Gasteiger charge is 2.31. The third kappa shape index (κ3) is 5.42. The Labute approximate surface area is 181 Å². The Morgan fingerprint density at radius 1 is 1.13 bits per heavy atom. The number of aromatic nitrogens is 2. The van der Waals surface area contributed by atoms with Gasteiger partial charge in [-0.05, 0) is 64.2 Å². The van der Waals surface area contributed by atoms with Crippen LogP contribution in [0, 0.1) is 0 Å².